The van der Waals surface area contributed by atoms with Crippen LogP contribution in [0.5, 0.6) is 0 Å². The summed E-state index contributed by atoms with van der Waals surface area (Å²) in [5, 5.41) is 8.78. The number of hydrogen-bond donors (Lipinski definition) is 3. The normalized spacial score (nSPS) is 10.4. The Bertz CT molecular complexity index is 927. The van der Waals surface area contributed by atoms with Gasteiger partial charge in [0, 0.05) is 16.9 Å². The van der Waals surface area contributed by atoms with Crippen LogP contribution in [0.1, 0.15) is 27.2 Å². The van der Waals surface area contributed by atoms with Gasteiger partial charge in [-0.05, 0) is 61.4 Å². The third-order valence-electron chi connectivity index (χ3n) is 4.34. The fourth-order valence-electron chi connectivity index (χ4n) is 2.85. The van der Waals surface area contributed by atoms with E-state index >= 15 is 0 Å². The van der Waals surface area contributed by atoms with Crippen molar-refractivity contribution in [3.63, 3.8) is 0 Å². The molecule has 0 aliphatic rings. The number of nitrogens with one attached hydrogen (secondary N) is 3. The molecule has 6 nitrogen and oxygen atoms in total. The highest BCUT2D eigenvalue weighted by Gasteiger charge is 2.08. The molecule has 0 bridgehead atoms. The van der Waals surface area contributed by atoms with Gasteiger partial charge >= 0.3 is 0 Å². The SMILES string of the molecule is Cc1cccc(C)c1NCC(=O)Nc1ccc(C(=O)NCc2ccco2)cc1. The van der Waals surface area contributed by atoms with Gasteiger partial charge in [0.15, 0.2) is 0 Å². The minimum absolute atomic E-state index is 0.155. The van der Waals surface area contributed by atoms with E-state index in [2.05, 4.69) is 16.0 Å². The minimum Gasteiger partial charge on any atom is -0.467 e. The Kier molecular flexibility index (Phi) is 6.11. The Morgan fingerprint density at radius 2 is 1.64 bits per heavy atom. The lowest BCUT2D eigenvalue weighted by atomic mass is 10.1. The molecule has 0 aliphatic heterocycles. The van der Waals surface area contributed by atoms with E-state index in [0.717, 1.165) is 16.8 Å². The van der Waals surface area contributed by atoms with Gasteiger partial charge in [0.25, 0.3) is 5.91 Å². The first-order valence-electron chi connectivity index (χ1n) is 9.03. The second-order valence-electron chi connectivity index (χ2n) is 6.51. The van der Waals surface area contributed by atoms with Crippen LogP contribution in [-0.2, 0) is 11.3 Å². The molecule has 3 rings (SSSR count). The Morgan fingerprint density at radius 1 is 0.929 bits per heavy atom. The van der Waals surface area contributed by atoms with Gasteiger partial charge in [-0.1, -0.05) is 18.2 Å². The number of carbonyl (C=O) groups is 2. The molecule has 0 radical (unpaired) electrons. The molecule has 0 fully saturated rings. The van der Waals surface area contributed by atoms with E-state index in [1.54, 1.807) is 42.7 Å². The molecule has 2 amide bonds. The van der Waals surface area contributed by atoms with Gasteiger partial charge in [-0.3, -0.25) is 9.59 Å². The molecule has 3 N–H and O–H groups in total. The Hall–Kier alpha value is -3.54. The highest BCUT2D eigenvalue weighted by Crippen LogP contribution is 2.19. The molecule has 0 spiro atoms. The average molecular weight is 377 g/mol. The van der Waals surface area contributed by atoms with E-state index in [1.807, 2.05) is 32.0 Å². The number of para-hydroxylation sites is 1. The first kappa shape index (κ1) is 19.2. The Labute approximate surface area is 164 Å². The maximum atomic E-state index is 12.2. The van der Waals surface area contributed by atoms with E-state index in [0.29, 0.717) is 23.6 Å². The van der Waals surface area contributed by atoms with Gasteiger partial charge in [-0.2, -0.15) is 0 Å². The fourth-order valence-corrected chi connectivity index (χ4v) is 2.85. The smallest absolute Gasteiger partial charge is 0.251 e. The van der Waals surface area contributed by atoms with E-state index in [-0.39, 0.29) is 18.4 Å². The molecule has 0 atom stereocenters. The minimum atomic E-state index is -0.203. The van der Waals surface area contributed by atoms with Crippen molar-refractivity contribution in [1.82, 2.24) is 5.32 Å². The highest BCUT2D eigenvalue weighted by molar-refractivity contribution is 5.96. The quantitative estimate of drug-likeness (QED) is 0.583. The van der Waals surface area contributed by atoms with Crippen molar-refractivity contribution >= 4 is 23.2 Å². The predicted molar refractivity (Wildman–Crippen MR) is 109 cm³/mol. The van der Waals surface area contributed by atoms with Crippen molar-refractivity contribution < 1.29 is 14.0 Å². The zero-order valence-electron chi connectivity index (χ0n) is 15.9. The van der Waals surface area contributed by atoms with E-state index in [4.69, 9.17) is 4.42 Å². The van der Waals surface area contributed by atoms with Gasteiger partial charge in [0.05, 0.1) is 19.4 Å². The largest absolute Gasteiger partial charge is 0.467 e. The maximum absolute atomic E-state index is 12.2. The molecular formula is C22H23N3O3. The second-order valence-corrected chi connectivity index (χ2v) is 6.51. The maximum Gasteiger partial charge on any atom is 0.251 e. The van der Waals surface area contributed by atoms with Crippen LogP contribution in [0.3, 0.4) is 0 Å². The number of aryl methyl sites for hydroxylation is 2. The van der Waals surface area contributed by atoms with Gasteiger partial charge in [-0.25, -0.2) is 0 Å². The number of furan rings is 1. The third kappa shape index (κ3) is 5.01. The van der Waals surface area contributed by atoms with Crippen LogP contribution in [0.4, 0.5) is 11.4 Å². The summed E-state index contributed by atoms with van der Waals surface area (Å²) in [4.78, 5) is 24.3. The van der Waals surface area contributed by atoms with Gasteiger partial charge in [-0.15, -0.1) is 0 Å². The first-order chi connectivity index (χ1) is 13.5. The Morgan fingerprint density at radius 3 is 2.29 bits per heavy atom. The summed E-state index contributed by atoms with van der Waals surface area (Å²) in [7, 11) is 0. The van der Waals surface area contributed by atoms with Crippen LogP contribution in [0.2, 0.25) is 0 Å². The van der Waals surface area contributed by atoms with Crippen molar-refractivity contribution in [2.45, 2.75) is 20.4 Å². The van der Waals surface area contributed by atoms with Crippen LogP contribution < -0.4 is 16.0 Å². The van der Waals surface area contributed by atoms with E-state index in [1.165, 1.54) is 0 Å². The fraction of sp³-hybridized carbons (Fsp3) is 0.182. The van der Waals surface area contributed by atoms with Crippen molar-refractivity contribution in [1.29, 1.82) is 0 Å². The standard InChI is InChI=1S/C22H23N3O3/c1-15-5-3-6-16(2)21(15)23-14-20(26)25-18-10-8-17(9-11-18)22(27)24-13-19-7-4-12-28-19/h3-12,23H,13-14H2,1-2H3,(H,24,27)(H,25,26). The highest BCUT2D eigenvalue weighted by atomic mass is 16.3. The summed E-state index contributed by atoms with van der Waals surface area (Å²) in [6, 6.07) is 16.3. The molecule has 1 aromatic heterocycles. The number of hydrogen-bond acceptors (Lipinski definition) is 4. The zero-order valence-corrected chi connectivity index (χ0v) is 15.9. The van der Waals surface area contributed by atoms with Crippen molar-refractivity contribution in [2.75, 3.05) is 17.2 Å². The molecule has 0 aliphatic carbocycles. The van der Waals surface area contributed by atoms with E-state index < -0.39 is 0 Å². The molecule has 6 heteroatoms. The topological polar surface area (TPSA) is 83.4 Å². The third-order valence-corrected chi connectivity index (χ3v) is 4.34. The summed E-state index contributed by atoms with van der Waals surface area (Å²) in [6.45, 7) is 4.50. The first-order valence-corrected chi connectivity index (χ1v) is 9.03. The van der Waals surface area contributed by atoms with Crippen LogP contribution >= 0.6 is 0 Å². The summed E-state index contributed by atoms with van der Waals surface area (Å²) in [5.41, 5.74) is 4.31. The lowest BCUT2D eigenvalue weighted by molar-refractivity contribution is -0.114. The van der Waals surface area contributed by atoms with Gasteiger partial charge in [0.2, 0.25) is 5.91 Å². The molecule has 1 heterocycles. The van der Waals surface area contributed by atoms with Crippen LogP contribution in [-0.4, -0.2) is 18.4 Å². The number of anilines is 2. The molecule has 0 saturated carbocycles. The van der Waals surface area contributed by atoms with E-state index in [9.17, 15) is 9.59 Å². The average Bonchev–Trinajstić information content (AvgIpc) is 3.20. The van der Waals surface area contributed by atoms with Crippen LogP contribution in [0.25, 0.3) is 0 Å². The molecule has 28 heavy (non-hydrogen) atoms. The number of rotatable bonds is 7. The van der Waals surface area contributed by atoms with Gasteiger partial charge in [0.1, 0.15) is 5.76 Å². The summed E-state index contributed by atoms with van der Waals surface area (Å²) in [5.74, 6) is 0.331. The molecule has 144 valence electrons. The monoisotopic (exact) mass is 377 g/mol. The zero-order chi connectivity index (χ0) is 19.9. The van der Waals surface area contributed by atoms with Crippen molar-refractivity contribution in [3.05, 3.63) is 83.3 Å². The summed E-state index contributed by atoms with van der Waals surface area (Å²) < 4.78 is 5.18. The molecule has 2 aromatic carbocycles. The van der Waals surface area contributed by atoms with Crippen LogP contribution in [0.15, 0.2) is 65.3 Å². The molecule has 0 unspecified atom stereocenters. The molecule has 0 saturated heterocycles. The van der Waals surface area contributed by atoms with Crippen molar-refractivity contribution in [3.8, 4) is 0 Å². The number of amides is 2. The predicted octanol–water partition coefficient (Wildman–Crippen LogP) is 3.88. The second kappa shape index (κ2) is 8.90. The van der Waals surface area contributed by atoms with Crippen molar-refractivity contribution in [2.24, 2.45) is 0 Å². The lowest BCUT2D eigenvalue weighted by Crippen LogP contribution is -2.23. The van der Waals surface area contributed by atoms with Gasteiger partial charge < -0.3 is 20.4 Å². The number of benzene rings is 2. The lowest BCUT2D eigenvalue weighted by Gasteiger charge is -2.12. The molecular weight excluding hydrogens is 354 g/mol. The summed E-state index contributed by atoms with van der Waals surface area (Å²) >= 11 is 0. The van der Waals surface area contributed by atoms with Crippen LogP contribution in [0, 0.1) is 13.8 Å². The Balaban J connectivity index is 1.50. The molecule has 3 aromatic rings. The summed E-state index contributed by atoms with van der Waals surface area (Å²) in [6.07, 6.45) is 1.56. The number of carbonyl (C=O) groups excluding carboxylic acids is 2.